The van der Waals surface area contributed by atoms with E-state index in [0.717, 1.165) is 29.0 Å². The number of benzene rings is 1. The number of hydrogen-bond acceptors (Lipinski definition) is 4. The maximum atomic E-state index is 6.12. The highest BCUT2D eigenvalue weighted by molar-refractivity contribution is 9.10. The number of nitrogens with one attached hydrogen (secondary N) is 1. The van der Waals surface area contributed by atoms with Gasteiger partial charge in [0.15, 0.2) is 5.82 Å². The molecule has 0 aliphatic rings. The summed E-state index contributed by atoms with van der Waals surface area (Å²) < 4.78 is 6.60. The molecule has 0 unspecified atom stereocenters. The molecule has 0 aliphatic carbocycles. The lowest BCUT2D eigenvalue weighted by Gasteiger charge is -2.10. The van der Waals surface area contributed by atoms with Gasteiger partial charge in [0.25, 0.3) is 0 Å². The topological polar surface area (TPSA) is 47.0 Å². The van der Waals surface area contributed by atoms with Gasteiger partial charge in [-0.3, -0.25) is 0 Å². The minimum Gasteiger partial charge on any atom is -0.484 e. The van der Waals surface area contributed by atoms with E-state index in [-0.39, 0.29) is 6.61 Å². The molecule has 0 radical (unpaired) electrons. The summed E-state index contributed by atoms with van der Waals surface area (Å²) in [4.78, 5) is 8.81. The molecule has 0 atom stereocenters. The minimum absolute atomic E-state index is 0.282. The molecule has 1 aromatic heterocycles. The summed E-state index contributed by atoms with van der Waals surface area (Å²) >= 11 is 9.48. The minimum atomic E-state index is 0.282. The average Bonchev–Trinajstić information content (AvgIpc) is 2.43. The van der Waals surface area contributed by atoms with Crippen molar-refractivity contribution in [3.05, 3.63) is 45.3 Å². The predicted molar refractivity (Wildman–Crippen MR) is 89.0 cm³/mol. The number of aromatic nitrogens is 2. The molecule has 4 nitrogen and oxygen atoms in total. The highest BCUT2D eigenvalue weighted by Gasteiger charge is 2.06. The van der Waals surface area contributed by atoms with Crippen molar-refractivity contribution in [2.75, 3.05) is 11.9 Å². The van der Waals surface area contributed by atoms with Gasteiger partial charge < -0.3 is 10.1 Å². The maximum Gasteiger partial charge on any atom is 0.168 e. The van der Waals surface area contributed by atoms with Crippen molar-refractivity contribution < 1.29 is 4.74 Å². The van der Waals surface area contributed by atoms with Crippen molar-refractivity contribution in [3.63, 3.8) is 0 Å². The molecule has 21 heavy (non-hydrogen) atoms. The Hall–Kier alpha value is -1.33. The summed E-state index contributed by atoms with van der Waals surface area (Å²) in [7, 11) is 0. The summed E-state index contributed by atoms with van der Waals surface area (Å²) in [5.74, 6) is 2.07. The monoisotopic (exact) mass is 369 g/mol. The van der Waals surface area contributed by atoms with Gasteiger partial charge in [-0.2, -0.15) is 0 Å². The quantitative estimate of drug-likeness (QED) is 0.807. The Kier molecular flexibility index (Phi) is 5.82. The Morgan fingerprint density at radius 3 is 2.81 bits per heavy atom. The molecule has 0 saturated carbocycles. The fourth-order valence-corrected chi connectivity index (χ4v) is 2.50. The smallest absolute Gasteiger partial charge is 0.168 e. The van der Waals surface area contributed by atoms with E-state index in [1.54, 1.807) is 6.07 Å². The van der Waals surface area contributed by atoms with E-state index in [1.165, 1.54) is 0 Å². The zero-order valence-corrected chi connectivity index (χ0v) is 14.3. The van der Waals surface area contributed by atoms with E-state index >= 15 is 0 Å². The van der Waals surface area contributed by atoms with Crippen molar-refractivity contribution >= 4 is 33.3 Å². The van der Waals surface area contributed by atoms with Gasteiger partial charge in [-0.05, 0) is 31.5 Å². The van der Waals surface area contributed by atoms with Gasteiger partial charge in [0, 0.05) is 22.8 Å². The SMILES string of the molecule is CCCNc1cc(C)nc(COc2ccc(Br)cc2Cl)n1. The van der Waals surface area contributed by atoms with Gasteiger partial charge in [-0.25, -0.2) is 9.97 Å². The molecule has 6 heteroatoms. The van der Waals surface area contributed by atoms with Crippen LogP contribution >= 0.6 is 27.5 Å². The van der Waals surface area contributed by atoms with E-state index in [1.807, 2.05) is 25.1 Å². The van der Waals surface area contributed by atoms with Crippen LogP contribution in [0.2, 0.25) is 5.02 Å². The Bertz CT molecular complexity index is 622. The van der Waals surface area contributed by atoms with Gasteiger partial charge in [0.05, 0.1) is 5.02 Å². The normalized spacial score (nSPS) is 10.5. The van der Waals surface area contributed by atoms with Crippen LogP contribution in [0.3, 0.4) is 0 Å². The molecule has 0 amide bonds. The molecule has 112 valence electrons. The molecule has 0 bridgehead atoms. The summed E-state index contributed by atoms with van der Waals surface area (Å²) in [6.07, 6.45) is 1.05. The summed E-state index contributed by atoms with van der Waals surface area (Å²) in [5, 5.41) is 3.81. The summed E-state index contributed by atoms with van der Waals surface area (Å²) in [6.45, 7) is 5.22. The zero-order chi connectivity index (χ0) is 15.2. The fraction of sp³-hybridized carbons (Fsp3) is 0.333. The zero-order valence-electron chi connectivity index (χ0n) is 12.0. The first-order chi connectivity index (χ1) is 10.1. The molecular formula is C15H17BrClN3O. The molecule has 1 N–H and O–H groups in total. The number of anilines is 1. The molecular weight excluding hydrogens is 354 g/mol. The number of halogens is 2. The largest absolute Gasteiger partial charge is 0.484 e. The van der Waals surface area contributed by atoms with Crippen molar-refractivity contribution in [1.82, 2.24) is 9.97 Å². The number of hydrogen-bond donors (Lipinski definition) is 1. The molecule has 2 rings (SSSR count). The first-order valence-corrected chi connectivity index (χ1v) is 7.92. The first-order valence-electron chi connectivity index (χ1n) is 6.74. The number of aryl methyl sites for hydroxylation is 1. The third-order valence-electron chi connectivity index (χ3n) is 2.71. The van der Waals surface area contributed by atoms with Gasteiger partial charge in [-0.15, -0.1) is 0 Å². The van der Waals surface area contributed by atoms with E-state index in [0.29, 0.717) is 16.6 Å². The average molecular weight is 371 g/mol. The first kappa shape index (κ1) is 16.0. The lowest BCUT2D eigenvalue weighted by atomic mass is 10.3. The van der Waals surface area contributed by atoms with Crippen molar-refractivity contribution in [1.29, 1.82) is 0 Å². The van der Waals surface area contributed by atoms with Crippen molar-refractivity contribution in [2.45, 2.75) is 26.9 Å². The standard InChI is InChI=1S/C15H17BrClN3O/c1-3-6-18-14-7-10(2)19-15(20-14)9-21-13-5-4-11(16)8-12(13)17/h4-5,7-8H,3,6,9H2,1-2H3,(H,18,19,20). The lowest BCUT2D eigenvalue weighted by Crippen LogP contribution is -2.08. The summed E-state index contributed by atoms with van der Waals surface area (Å²) in [5.41, 5.74) is 0.907. The Balaban J connectivity index is 2.07. The second-order valence-corrected chi connectivity index (χ2v) is 5.92. The predicted octanol–water partition coefficient (Wildman–Crippen LogP) is 4.60. The van der Waals surface area contributed by atoms with Crippen LogP contribution in [0.4, 0.5) is 5.82 Å². The highest BCUT2D eigenvalue weighted by atomic mass is 79.9. The number of rotatable bonds is 6. The fourth-order valence-electron chi connectivity index (χ4n) is 1.77. The molecule has 0 spiro atoms. The second-order valence-electron chi connectivity index (χ2n) is 4.60. The highest BCUT2D eigenvalue weighted by Crippen LogP contribution is 2.28. The van der Waals surface area contributed by atoms with Crippen LogP contribution in [-0.2, 0) is 6.61 Å². The lowest BCUT2D eigenvalue weighted by molar-refractivity contribution is 0.296. The molecule has 1 heterocycles. The Morgan fingerprint density at radius 2 is 2.10 bits per heavy atom. The number of nitrogens with zero attached hydrogens (tertiary/aromatic N) is 2. The van der Waals surface area contributed by atoms with Gasteiger partial charge in [0.1, 0.15) is 18.2 Å². The van der Waals surface area contributed by atoms with Crippen LogP contribution in [0.15, 0.2) is 28.7 Å². The van der Waals surface area contributed by atoms with Crippen LogP contribution in [0.25, 0.3) is 0 Å². The van der Waals surface area contributed by atoms with E-state index in [9.17, 15) is 0 Å². The van der Waals surface area contributed by atoms with Crippen LogP contribution in [0, 0.1) is 6.92 Å². The molecule has 2 aromatic rings. The van der Waals surface area contributed by atoms with Crippen LogP contribution in [-0.4, -0.2) is 16.5 Å². The number of ether oxygens (including phenoxy) is 1. The van der Waals surface area contributed by atoms with E-state index in [4.69, 9.17) is 16.3 Å². The maximum absolute atomic E-state index is 6.12. The molecule has 0 saturated heterocycles. The third-order valence-corrected chi connectivity index (χ3v) is 3.50. The molecule has 0 fully saturated rings. The van der Waals surface area contributed by atoms with Gasteiger partial charge in [0.2, 0.25) is 0 Å². The van der Waals surface area contributed by atoms with Gasteiger partial charge in [-0.1, -0.05) is 34.5 Å². The van der Waals surface area contributed by atoms with Crippen LogP contribution in [0.5, 0.6) is 5.75 Å². The Labute approximate surface area is 138 Å². The third kappa shape index (κ3) is 4.86. The van der Waals surface area contributed by atoms with Gasteiger partial charge >= 0.3 is 0 Å². The van der Waals surface area contributed by atoms with E-state index in [2.05, 4.69) is 38.1 Å². The summed E-state index contributed by atoms with van der Waals surface area (Å²) in [6, 6.07) is 7.42. The van der Waals surface area contributed by atoms with E-state index < -0.39 is 0 Å². The van der Waals surface area contributed by atoms with Crippen molar-refractivity contribution in [3.8, 4) is 5.75 Å². The Morgan fingerprint density at radius 1 is 1.29 bits per heavy atom. The molecule has 0 aliphatic heterocycles. The van der Waals surface area contributed by atoms with Crippen molar-refractivity contribution in [2.24, 2.45) is 0 Å². The second kappa shape index (κ2) is 7.61. The molecule has 1 aromatic carbocycles. The van der Waals surface area contributed by atoms with Crippen LogP contribution in [0.1, 0.15) is 24.9 Å². The van der Waals surface area contributed by atoms with Crippen LogP contribution < -0.4 is 10.1 Å².